The summed E-state index contributed by atoms with van der Waals surface area (Å²) in [5, 5.41) is 3.09. The number of rotatable bonds is 6. The molecule has 0 saturated carbocycles. The Morgan fingerprint density at radius 2 is 1.83 bits per heavy atom. The lowest BCUT2D eigenvalue weighted by molar-refractivity contribution is -0.904. The maximum atomic E-state index is 12.6. The number of nitrogens with zero attached hydrogens (tertiary/aromatic N) is 1. The molecule has 0 radical (unpaired) electrons. The Kier molecular flexibility index (Phi) is 5.97. The minimum absolute atomic E-state index is 0.0774. The number of aromatic amines is 1. The second kappa shape index (κ2) is 8.44. The first kappa shape index (κ1) is 20.5. The molecule has 1 heterocycles. The Morgan fingerprint density at radius 3 is 2.48 bits per heavy atom. The highest BCUT2D eigenvalue weighted by Crippen LogP contribution is 2.29. The van der Waals surface area contributed by atoms with Crippen molar-refractivity contribution < 1.29 is 22.9 Å². The van der Waals surface area contributed by atoms with Gasteiger partial charge in [-0.3, -0.25) is 9.59 Å². The summed E-state index contributed by atoms with van der Waals surface area (Å²) in [7, 11) is 0. The van der Waals surface area contributed by atoms with Crippen LogP contribution in [0.15, 0.2) is 53.3 Å². The highest BCUT2D eigenvalue weighted by Gasteiger charge is 2.30. The molecule has 6 nitrogen and oxygen atoms in total. The number of benzene rings is 2. The molecule has 2 aromatic carbocycles. The number of likely N-dealkylation sites (N-methyl/N-ethyl adjacent to an activating group) is 1. The number of quaternary nitrogens is 1. The number of nitrogens with one attached hydrogen (secondary N) is 3. The maximum Gasteiger partial charge on any atom is 0.416 e. The maximum absolute atomic E-state index is 12.6. The zero-order valence-corrected chi connectivity index (χ0v) is 15.6. The third kappa shape index (κ3) is 5.20. The van der Waals surface area contributed by atoms with Crippen molar-refractivity contribution >= 4 is 22.5 Å². The lowest BCUT2D eigenvalue weighted by atomic mass is 10.2. The van der Waals surface area contributed by atoms with Crippen molar-refractivity contribution in [3.8, 4) is 0 Å². The molecule has 0 aliphatic rings. The summed E-state index contributed by atoms with van der Waals surface area (Å²) in [6.07, 6.45) is -4.42. The van der Waals surface area contributed by atoms with Gasteiger partial charge in [-0.05, 0) is 43.3 Å². The van der Waals surface area contributed by atoms with Gasteiger partial charge in [-0.15, -0.1) is 0 Å². The number of anilines is 1. The zero-order chi connectivity index (χ0) is 21.0. The first-order valence-corrected chi connectivity index (χ1v) is 9.05. The van der Waals surface area contributed by atoms with Gasteiger partial charge in [0.25, 0.3) is 11.5 Å². The van der Waals surface area contributed by atoms with Crippen molar-refractivity contribution in [1.82, 2.24) is 9.97 Å². The molecule has 3 N–H and O–H groups in total. The van der Waals surface area contributed by atoms with Crippen LogP contribution < -0.4 is 15.8 Å². The fourth-order valence-electron chi connectivity index (χ4n) is 2.94. The third-order valence-corrected chi connectivity index (χ3v) is 4.49. The van der Waals surface area contributed by atoms with Crippen LogP contribution in [0.4, 0.5) is 18.9 Å². The molecule has 0 aliphatic carbocycles. The largest absolute Gasteiger partial charge is 0.416 e. The predicted molar refractivity (Wildman–Crippen MR) is 103 cm³/mol. The van der Waals surface area contributed by atoms with Crippen molar-refractivity contribution in [2.24, 2.45) is 0 Å². The van der Waals surface area contributed by atoms with Crippen molar-refractivity contribution in [3.05, 3.63) is 70.3 Å². The minimum Gasteiger partial charge on any atom is -0.321 e. The van der Waals surface area contributed by atoms with E-state index >= 15 is 0 Å². The molecule has 3 rings (SSSR count). The number of hydrogen-bond donors (Lipinski definition) is 3. The van der Waals surface area contributed by atoms with Crippen LogP contribution >= 0.6 is 0 Å². The van der Waals surface area contributed by atoms with E-state index in [1.54, 1.807) is 24.3 Å². The number of halogens is 3. The number of H-pyrrole nitrogens is 1. The Balaban J connectivity index is 1.65. The van der Waals surface area contributed by atoms with E-state index in [2.05, 4.69) is 15.3 Å². The van der Waals surface area contributed by atoms with Gasteiger partial charge in [-0.25, -0.2) is 4.98 Å². The molecular weight excluding hydrogens is 385 g/mol. The van der Waals surface area contributed by atoms with E-state index in [9.17, 15) is 22.8 Å². The van der Waals surface area contributed by atoms with Gasteiger partial charge in [0.1, 0.15) is 6.54 Å². The highest BCUT2D eigenvalue weighted by atomic mass is 19.4. The molecule has 0 aliphatic heterocycles. The quantitative estimate of drug-likeness (QED) is 0.587. The molecule has 1 atom stereocenters. The Morgan fingerprint density at radius 1 is 1.14 bits per heavy atom. The number of para-hydroxylation sites is 1. The van der Waals surface area contributed by atoms with Gasteiger partial charge in [-0.2, -0.15) is 13.2 Å². The van der Waals surface area contributed by atoms with Crippen LogP contribution in [0.3, 0.4) is 0 Å². The molecule has 0 spiro atoms. The summed E-state index contributed by atoms with van der Waals surface area (Å²) in [4.78, 5) is 32.5. The van der Waals surface area contributed by atoms with Gasteiger partial charge < -0.3 is 15.2 Å². The Bertz CT molecular complexity index is 1060. The van der Waals surface area contributed by atoms with E-state index in [1.165, 1.54) is 12.1 Å². The summed E-state index contributed by atoms with van der Waals surface area (Å²) in [5.74, 6) is 0.123. The lowest BCUT2D eigenvalue weighted by Crippen LogP contribution is -3.11. The summed E-state index contributed by atoms with van der Waals surface area (Å²) >= 11 is 0. The zero-order valence-electron chi connectivity index (χ0n) is 15.6. The van der Waals surface area contributed by atoms with Crippen LogP contribution in [-0.4, -0.2) is 29.0 Å². The molecular formula is C20H20F3N4O2+. The smallest absolute Gasteiger partial charge is 0.321 e. The third-order valence-electron chi connectivity index (χ3n) is 4.49. The van der Waals surface area contributed by atoms with Crippen LogP contribution in [0.25, 0.3) is 10.9 Å². The van der Waals surface area contributed by atoms with Gasteiger partial charge in [-0.1, -0.05) is 12.1 Å². The fourth-order valence-corrected chi connectivity index (χ4v) is 2.94. The summed E-state index contributed by atoms with van der Waals surface area (Å²) in [5.41, 5.74) is -0.149. The van der Waals surface area contributed by atoms with Gasteiger partial charge in [0, 0.05) is 5.69 Å². The number of carbonyl (C=O) groups excluding carboxylic acids is 1. The van der Waals surface area contributed by atoms with E-state index in [0.717, 1.165) is 17.0 Å². The molecule has 9 heteroatoms. The minimum atomic E-state index is -4.42. The predicted octanol–water partition coefficient (Wildman–Crippen LogP) is 1.99. The van der Waals surface area contributed by atoms with Crippen molar-refractivity contribution in [2.45, 2.75) is 19.6 Å². The first-order valence-electron chi connectivity index (χ1n) is 9.05. The second-order valence-corrected chi connectivity index (χ2v) is 6.61. The second-order valence-electron chi connectivity index (χ2n) is 6.61. The summed E-state index contributed by atoms with van der Waals surface area (Å²) in [6, 6.07) is 11.3. The van der Waals surface area contributed by atoms with Crippen LogP contribution in [-0.2, 0) is 17.5 Å². The monoisotopic (exact) mass is 405 g/mol. The summed E-state index contributed by atoms with van der Waals surface area (Å²) < 4.78 is 37.8. The van der Waals surface area contributed by atoms with E-state index in [-0.39, 0.29) is 23.7 Å². The van der Waals surface area contributed by atoms with E-state index in [4.69, 9.17) is 0 Å². The number of carbonyl (C=O) groups is 1. The summed E-state index contributed by atoms with van der Waals surface area (Å²) in [6.45, 7) is 2.89. The molecule has 29 heavy (non-hydrogen) atoms. The number of alkyl halides is 3. The number of hydrogen-bond acceptors (Lipinski definition) is 3. The number of fused-ring (bicyclic) bond motifs is 1. The first-order chi connectivity index (χ1) is 13.8. The van der Waals surface area contributed by atoms with Gasteiger partial charge in [0.05, 0.1) is 23.0 Å². The van der Waals surface area contributed by atoms with Crippen LogP contribution in [0.5, 0.6) is 0 Å². The average Bonchev–Trinajstić information content (AvgIpc) is 2.67. The topological polar surface area (TPSA) is 79.3 Å². The number of amides is 1. The lowest BCUT2D eigenvalue weighted by Gasteiger charge is -2.17. The SMILES string of the molecule is CC[NH+](CC(=O)Nc1ccc(C(F)(F)F)cc1)Cc1nc2ccccc2c(=O)[nH]1. The molecule has 0 fully saturated rings. The van der Waals surface area contributed by atoms with E-state index in [0.29, 0.717) is 29.8 Å². The Labute approximate surface area is 164 Å². The normalized spacial score (nSPS) is 12.7. The van der Waals surface area contributed by atoms with Crippen LogP contribution in [0.1, 0.15) is 18.3 Å². The van der Waals surface area contributed by atoms with Gasteiger partial charge in [0.2, 0.25) is 0 Å². The van der Waals surface area contributed by atoms with Gasteiger partial charge >= 0.3 is 6.18 Å². The van der Waals surface area contributed by atoms with Gasteiger partial charge in [0.15, 0.2) is 12.4 Å². The average molecular weight is 405 g/mol. The molecule has 0 saturated heterocycles. The standard InChI is InChI=1S/C20H19F3N4O2/c1-2-27(11-17-25-16-6-4-3-5-15(16)19(29)26-17)12-18(28)24-14-9-7-13(8-10-14)20(21,22)23/h3-10H,2,11-12H2,1H3,(H,24,28)(H,25,26,29)/p+1. The fraction of sp³-hybridized carbons (Fsp3) is 0.250. The molecule has 152 valence electrons. The van der Waals surface area contributed by atoms with E-state index < -0.39 is 11.7 Å². The molecule has 3 aromatic rings. The number of aromatic nitrogens is 2. The van der Waals surface area contributed by atoms with Crippen molar-refractivity contribution in [1.29, 1.82) is 0 Å². The molecule has 1 unspecified atom stereocenters. The van der Waals surface area contributed by atoms with Crippen LogP contribution in [0.2, 0.25) is 0 Å². The van der Waals surface area contributed by atoms with Crippen molar-refractivity contribution in [3.63, 3.8) is 0 Å². The highest BCUT2D eigenvalue weighted by molar-refractivity contribution is 5.91. The van der Waals surface area contributed by atoms with E-state index in [1.807, 2.05) is 6.92 Å². The molecule has 1 aromatic heterocycles. The molecule has 0 bridgehead atoms. The van der Waals surface area contributed by atoms with Crippen molar-refractivity contribution in [2.75, 3.05) is 18.4 Å². The van der Waals surface area contributed by atoms with Crippen LogP contribution in [0, 0.1) is 0 Å². The Hall–Kier alpha value is -3.20. The molecule has 1 amide bonds.